The Labute approximate surface area is 113 Å². The van der Waals surface area contributed by atoms with E-state index in [2.05, 4.69) is 22.1 Å². The standard InChI is InChI=1S/C15H21N3O/c1-2-18(12-6-5-9-16-10-12)11-15-17-13-7-3-4-8-14(13)19-15/h3-4,7-8,12,16H,2,5-6,9-11H2,1H3. The molecule has 1 unspecified atom stereocenters. The van der Waals surface area contributed by atoms with Gasteiger partial charge in [-0.3, -0.25) is 4.90 Å². The normalized spacial score (nSPS) is 20.2. The third kappa shape index (κ3) is 2.80. The molecule has 1 aromatic heterocycles. The van der Waals surface area contributed by atoms with Gasteiger partial charge in [-0.1, -0.05) is 19.1 Å². The Bertz CT molecular complexity index is 498. The Morgan fingerprint density at radius 2 is 2.32 bits per heavy atom. The second kappa shape index (κ2) is 5.72. The summed E-state index contributed by atoms with van der Waals surface area (Å²) in [6, 6.07) is 8.57. The molecular formula is C15H21N3O. The van der Waals surface area contributed by atoms with E-state index in [0.717, 1.165) is 43.2 Å². The van der Waals surface area contributed by atoms with E-state index in [4.69, 9.17) is 4.42 Å². The Kier molecular flexibility index (Phi) is 3.80. The summed E-state index contributed by atoms with van der Waals surface area (Å²) in [5.74, 6) is 0.827. The molecule has 3 rings (SSSR count). The Hall–Kier alpha value is -1.39. The highest BCUT2D eigenvalue weighted by atomic mass is 16.3. The average molecular weight is 259 g/mol. The second-order valence-electron chi connectivity index (χ2n) is 5.14. The van der Waals surface area contributed by atoms with Gasteiger partial charge in [0.25, 0.3) is 0 Å². The summed E-state index contributed by atoms with van der Waals surface area (Å²) in [6.45, 7) is 6.27. The zero-order chi connectivity index (χ0) is 13.1. The van der Waals surface area contributed by atoms with Crippen LogP contribution in [-0.2, 0) is 6.54 Å². The maximum atomic E-state index is 5.82. The highest BCUT2D eigenvalue weighted by Gasteiger charge is 2.21. The molecule has 4 nitrogen and oxygen atoms in total. The number of para-hydroxylation sites is 2. The van der Waals surface area contributed by atoms with Gasteiger partial charge in [-0.25, -0.2) is 4.98 Å². The lowest BCUT2D eigenvalue weighted by atomic mass is 10.1. The number of benzene rings is 1. The van der Waals surface area contributed by atoms with E-state index in [1.807, 2.05) is 24.3 Å². The largest absolute Gasteiger partial charge is 0.439 e. The molecule has 2 aromatic rings. The number of oxazole rings is 1. The minimum absolute atomic E-state index is 0.605. The molecule has 1 aliphatic rings. The molecule has 0 amide bonds. The van der Waals surface area contributed by atoms with Crippen LogP contribution in [0.1, 0.15) is 25.7 Å². The lowest BCUT2D eigenvalue weighted by Crippen LogP contribution is -2.45. The SMILES string of the molecule is CCN(Cc1nc2ccccc2o1)C1CCCNC1. The van der Waals surface area contributed by atoms with Crippen molar-refractivity contribution in [1.82, 2.24) is 15.2 Å². The number of nitrogens with zero attached hydrogens (tertiary/aromatic N) is 2. The third-order valence-electron chi connectivity index (χ3n) is 3.87. The fourth-order valence-electron chi connectivity index (χ4n) is 2.81. The molecule has 1 fully saturated rings. The van der Waals surface area contributed by atoms with Crippen molar-refractivity contribution in [2.45, 2.75) is 32.4 Å². The summed E-state index contributed by atoms with van der Waals surface area (Å²) >= 11 is 0. The van der Waals surface area contributed by atoms with Gasteiger partial charge < -0.3 is 9.73 Å². The van der Waals surface area contributed by atoms with E-state index in [9.17, 15) is 0 Å². The van der Waals surface area contributed by atoms with Crippen LogP contribution in [0.2, 0.25) is 0 Å². The number of aromatic nitrogens is 1. The first-order chi connectivity index (χ1) is 9.36. The van der Waals surface area contributed by atoms with Crippen LogP contribution < -0.4 is 5.32 Å². The van der Waals surface area contributed by atoms with E-state index < -0.39 is 0 Å². The van der Waals surface area contributed by atoms with Gasteiger partial charge in [-0.15, -0.1) is 0 Å². The van der Waals surface area contributed by atoms with Crippen LogP contribution >= 0.6 is 0 Å². The quantitative estimate of drug-likeness (QED) is 0.915. The van der Waals surface area contributed by atoms with Crippen LogP contribution in [0, 0.1) is 0 Å². The summed E-state index contributed by atoms with van der Waals surface area (Å²) in [7, 11) is 0. The molecule has 19 heavy (non-hydrogen) atoms. The number of likely N-dealkylation sites (N-methyl/N-ethyl adjacent to an activating group) is 1. The van der Waals surface area contributed by atoms with Gasteiger partial charge in [0.2, 0.25) is 5.89 Å². The summed E-state index contributed by atoms with van der Waals surface area (Å²) in [5.41, 5.74) is 1.84. The van der Waals surface area contributed by atoms with E-state index in [1.165, 1.54) is 12.8 Å². The summed E-state index contributed by atoms with van der Waals surface area (Å²) < 4.78 is 5.82. The Balaban J connectivity index is 1.74. The van der Waals surface area contributed by atoms with Crippen LogP contribution in [0.5, 0.6) is 0 Å². The van der Waals surface area contributed by atoms with Gasteiger partial charge >= 0.3 is 0 Å². The second-order valence-corrected chi connectivity index (χ2v) is 5.14. The molecule has 1 saturated heterocycles. The molecule has 0 aliphatic carbocycles. The molecule has 4 heteroatoms. The van der Waals surface area contributed by atoms with Gasteiger partial charge in [-0.05, 0) is 38.1 Å². The highest BCUT2D eigenvalue weighted by molar-refractivity contribution is 5.72. The average Bonchev–Trinajstić information content (AvgIpc) is 2.88. The van der Waals surface area contributed by atoms with Crippen LogP contribution in [0.4, 0.5) is 0 Å². The zero-order valence-corrected chi connectivity index (χ0v) is 11.4. The van der Waals surface area contributed by atoms with Gasteiger partial charge in [0.1, 0.15) is 5.52 Å². The van der Waals surface area contributed by atoms with Crippen molar-refractivity contribution in [3.05, 3.63) is 30.2 Å². The first kappa shape index (κ1) is 12.6. The minimum atomic E-state index is 0.605. The zero-order valence-electron chi connectivity index (χ0n) is 11.4. The lowest BCUT2D eigenvalue weighted by molar-refractivity contribution is 0.153. The van der Waals surface area contributed by atoms with Gasteiger partial charge in [0.15, 0.2) is 5.58 Å². The number of rotatable bonds is 4. The van der Waals surface area contributed by atoms with Crippen LogP contribution in [-0.4, -0.2) is 35.6 Å². The molecule has 102 valence electrons. The lowest BCUT2D eigenvalue weighted by Gasteiger charge is -2.32. The molecule has 0 spiro atoms. The van der Waals surface area contributed by atoms with Crippen molar-refractivity contribution < 1.29 is 4.42 Å². The summed E-state index contributed by atoms with van der Waals surface area (Å²) in [4.78, 5) is 7.02. The molecule has 1 aromatic carbocycles. The van der Waals surface area contributed by atoms with Crippen LogP contribution in [0.15, 0.2) is 28.7 Å². The molecular weight excluding hydrogens is 238 g/mol. The molecule has 1 atom stereocenters. The Morgan fingerprint density at radius 3 is 3.05 bits per heavy atom. The summed E-state index contributed by atoms with van der Waals surface area (Å²) in [5, 5.41) is 3.47. The highest BCUT2D eigenvalue weighted by Crippen LogP contribution is 2.18. The first-order valence-electron chi connectivity index (χ1n) is 7.16. The van der Waals surface area contributed by atoms with Gasteiger partial charge in [-0.2, -0.15) is 0 Å². The third-order valence-corrected chi connectivity index (χ3v) is 3.87. The van der Waals surface area contributed by atoms with E-state index in [-0.39, 0.29) is 0 Å². The predicted molar refractivity (Wildman–Crippen MR) is 76.0 cm³/mol. The van der Waals surface area contributed by atoms with Crippen LogP contribution in [0.3, 0.4) is 0 Å². The van der Waals surface area contributed by atoms with Crippen molar-refractivity contribution in [2.75, 3.05) is 19.6 Å². The van der Waals surface area contributed by atoms with Gasteiger partial charge in [0.05, 0.1) is 6.54 Å². The maximum absolute atomic E-state index is 5.82. The predicted octanol–water partition coefficient (Wildman–Crippen LogP) is 2.40. The van der Waals surface area contributed by atoms with Gasteiger partial charge in [0, 0.05) is 12.6 Å². The number of nitrogens with one attached hydrogen (secondary N) is 1. The fraction of sp³-hybridized carbons (Fsp3) is 0.533. The number of fused-ring (bicyclic) bond motifs is 1. The van der Waals surface area contributed by atoms with Crippen molar-refractivity contribution >= 4 is 11.1 Å². The molecule has 1 aliphatic heterocycles. The van der Waals surface area contributed by atoms with Crippen molar-refractivity contribution in [2.24, 2.45) is 0 Å². The van der Waals surface area contributed by atoms with E-state index in [1.54, 1.807) is 0 Å². The molecule has 0 saturated carbocycles. The fourth-order valence-corrected chi connectivity index (χ4v) is 2.81. The molecule has 2 heterocycles. The molecule has 1 N–H and O–H groups in total. The number of hydrogen-bond donors (Lipinski definition) is 1. The molecule has 0 radical (unpaired) electrons. The molecule has 0 bridgehead atoms. The monoisotopic (exact) mass is 259 g/mol. The number of piperidine rings is 1. The first-order valence-corrected chi connectivity index (χ1v) is 7.16. The van der Waals surface area contributed by atoms with Crippen molar-refractivity contribution in [3.8, 4) is 0 Å². The number of hydrogen-bond acceptors (Lipinski definition) is 4. The van der Waals surface area contributed by atoms with Crippen molar-refractivity contribution in [3.63, 3.8) is 0 Å². The van der Waals surface area contributed by atoms with Crippen LogP contribution in [0.25, 0.3) is 11.1 Å². The van der Waals surface area contributed by atoms with E-state index >= 15 is 0 Å². The van der Waals surface area contributed by atoms with E-state index in [0.29, 0.717) is 6.04 Å². The van der Waals surface area contributed by atoms with Crippen molar-refractivity contribution in [1.29, 1.82) is 0 Å². The Morgan fingerprint density at radius 1 is 1.42 bits per heavy atom. The minimum Gasteiger partial charge on any atom is -0.439 e. The smallest absolute Gasteiger partial charge is 0.209 e. The summed E-state index contributed by atoms with van der Waals surface area (Å²) in [6.07, 6.45) is 2.52. The topological polar surface area (TPSA) is 41.3 Å². The maximum Gasteiger partial charge on any atom is 0.209 e.